The van der Waals surface area contributed by atoms with Crippen LogP contribution in [0.4, 0.5) is 4.39 Å². The molecule has 1 amide bonds. The number of piperidine rings is 1. The zero-order chi connectivity index (χ0) is 24.1. The van der Waals surface area contributed by atoms with E-state index in [9.17, 15) is 14.4 Å². The molecule has 2 heterocycles. The van der Waals surface area contributed by atoms with Gasteiger partial charge in [-0.15, -0.1) is 0 Å². The summed E-state index contributed by atoms with van der Waals surface area (Å²) < 4.78 is 19.9. The molecule has 0 bridgehead atoms. The van der Waals surface area contributed by atoms with Crippen molar-refractivity contribution in [2.24, 2.45) is 5.92 Å². The Hall–Kier alpha value is -2.91. The summed E-state index contributed by atoms with van der Waals surface area (Å²) in [5.74, 6) is 1.09. The van der Waals surface area contributed by atoms with E-state index in [0.29, 0.717) is 35.9 Å². The number of hydrogen-bond acceptors (Lipinski definition) is 4. The predicted molar refractivity (Wildman–Crippen MR) is 132 cm³/mol. The van der Waals surface area contributed by atoms with Gasteiger partial charge in [0.25, 0.3) is 5.91 Å². The number of amides is 1. The Morgan fingerprint density at radius 3 is 2.32 bits per heavy atom. The molecule has 180 valence electrons. The van der Waals surface area contributed by atoms with Gasteiger partial charge >= 0.3 is 0 Å². The van der Waals surface area contributed by atoms with Gasteiger partial charge in [-0.2, -0.15) is 5.26 Å². The van der Waals surface area contributed by atoms with Gasteiger partial charge in [0.05, 0.1) is 12.2 Å². The van der Waals surface area contributed by atoms with Gasteiger partial charge < -0.3 is 14.5 Å². The van der Waals surface area contributed by atoms with Crippen molar-refractivity contribution in [3.05, 3.63) is 53.6 Å². The van der Waals surface area contributed by atoms with Crippen molar-refractivity contribution < 1.29 is 13.9 Å². The Morgan fingerprint density at radius 1 is 1.06 bits per heavy atom. The SMILES string of the molecule is CC(C)(F)CN1CCC(COc2ccc(-c3ccc(C(=O)N4CCCC4)cc3)cc2C#N)CC1. The largest absolute Gasteiger partial charge is 0.492 e. The smallest absolute Gasteiger partial charge is 0.253 e. The number of alkyl halides is 1. The Morgan fingerprint density at radius 2 is 1.71 bits per heavy atom. The molecule has 0 N–H and O–H groups in total. The van der Waals surface area contributed by atoms with Crippen molar-refractivity contribution in [2.75, 3.05) is 39.3 Å². The monoisotopic (exact) mass is 463 g/mol. The first-order chi connectivity index (χ1) is 16.3. The molecule has 0 atom stereocenters. The van der Waals surface area contributed by atoms with Crippen LogP contribution in [-0.4, -0.2) is 60.7 Å². The van der Waals surface area contributed by atoms with E-state index >= 15 is 0 Å². The molecule has 2 aromatic rings. The molecule has 2 aliphatic heterocycles. The lowest BCUT2D eigenvalue weighted by molar-refractivity contribution is 0.0792. The molecule has 0 spiro atoms. The zero-order valence-corrected chi connectivity index (χ0v) is 20.2. The summed E-state index contributed by atoms with van der Waals surface area (Å²) in [7, 11) is 0. The number of nitrogens with zero attached hydrogens (tertiary/aromatic N) is 3. The maximum atomic E-state index is 13.9. The normalized spacial score (nSPS) is 17.5. The highest BCUT2D eigenvalue weighted by Crippen LogP contribution is 2.28. The van der Waals surface area contributed by atoms with E-state index in [2.05, 4.69) is 11.0 Å². The number of halogens is 1. The van der Waals surface area contributed by atoms with Crippen LogP contribution in [0.1, 0.15) is 55.5 Å². The van der Waals surface area contributed by atoms with Crippen LogP contribution >= 0.6 is 0 Å². The third-order valence-electron chi connectivity index (χ3n) is 6.74. The fraction of sp³-hybridized carbons (Fsp3) is 0.500. The fourth-order valence-electron chi connectivity index (χ4n) is 4.88. The molecule has 2 aromatic carbocycles. The molecule has 5 nitrogen and oxygen atoms in total. The van der Waals surface area contributed by atoms with Crippen molar-refractivity contribution in [3.8, 4) is 22.9 Å². The summed E-state index contributed by atoms with van der Waals surface area (Å²) in [4.78, 5) is 16.6. The fourth-order valence-corrected chi connectivity index (χ4v) is 4.88. The lowest BCUT2D eigenvalue weighted by atomic mass is 9.96. The van der Waals surface area contributed by atoms with Gasteiger partial charge in [-0.3, -0.25) is 4.79 Å². The minimum atomic E-state index is -1.17. The second kappa shape index (κ2) is 10.6. The van der Waals surface area contributed by atoms with Crippen molar-refractivity contribution in [1.82, 2.24) is 9.80 Å². The van der Waals surface area contributed by atoms with Crippen molar-refractivity contribution in [2.45, 2.75) is 45.2 Å². The van der Waals surface area contributed by atoms with E-state index in [1.54, 1.807) is 13.8 Å². The van der Waals surface area contributed by atoms with Gasteiger partial charge in [0.2, 0.25) is 0 Å². The lowest BCUT2D eigenvalue weighted by Crippen LogP contribution is -2.41. The van der Waals surface area contributed by atoms with Gasteiger partial charge in [-0.25, -0.2) is 4.39 Å². The van der Waals surface area contributed by atoms with Gasteiger partial charge in [0.15, 0.2) is 0 Å². The number of likely N-dealkylation sites (tertiary alicyclic amines) is 2. The average Bonchev–Trinajstić information content (AvgIpc) is 3.37. The molecular weight excluding hydrogens is 429 g/mol. The third-order valence-corrected chi connectivity index (χ3v) is 6.74. The number of rotatable bonds is 7. The number of nitriles is 1. The van der Waals surface area contributed by atoms with Crippen LogP contribution in [0, 0.1) is 17.2 Å². The Kier molecular flexibility index (Phi) is 7.53. The number of hydrogen-bond donors (Lipinski definition) is 0. The van der Waals surface area contributed by atoms with Gasteiger partial charge in [-0.05, 0) is 93.9 Å². The van der Waals surface area contributed by atoms with E-state index in [4.69, 9.17) is 4.74 Å². The first kappa shape index (κ1) is 24.2. The molecule has 6 heteroatoms. The minimum absolute atomic E-state index is 0.0877. The molecular formula is C28H34FN3O2. The van der Waals surface area contributed by atoms with Crippen LogP contribution in [0.2, 0.25) is 0 Å². The molecule has 2 saturated heterocycles. The van der Waals surface area contributed by atoms with Crippen LogP contribution in [-0.2, 0) is 0 Å². The average molecular weight is 464 g/mol. The maximum Gasteiger partial charge on any atom is 0.253 e. The van der Waals surface area contributed by atoms with E-state index in [1.807, 2.05) is 47.4 Å². The first-order valence-electron chi connectivity index (χ1n) is 12.3. The second-order valence-electron chi connectivity index (χ2n) is 10.1. The van der Waals surface area contributed by atoms with Gasteiger partial charge in [0, 0.05) is 25.2 Å². The highest BCUT2D eigenvalue weighted by Gasteiger charge is 2.25. The summed E-state index contributed by atoms with van der Waals surface area (Å²) in [6.07, 6.45) is 4.09. The summed E-state index contributed by atoms with van der Waals surface area (Å²) in [5, 5.41) is 9.69. The highest BCUT2D eigenvalue weighted by atomic mass is 19.1. The molecule has 0 saturated carbocycles. The van der Waals surface area contributed by atoms with Crippen LogP contribution in [0.15, 0.2) is 42.5 Å². The van der Waals surface area contributed by atoms with E-state index < -0.39 is 5.67 Å². The molecule has 0 unspecified atom stereocenters. The van der Waals surface area contributed by atoms with Gasteiger partial charge in [0.1, 0.15) is 17.5 Å². The number of carbonyl (C=O) groups excluding carboxylic acids is 1. The molecule has 0 aliphatic carbocycles. The lowest BCUT2D eigenvalue weighted by Gasteiger charge is -2.34. The second-order valence-corrected chi connectivity index (χ2v) is 10.1. The highest BCUT2D eigenvalue weighted by molar-refractivity contribution is 5.94. The Labute approximate surface area is 202 Å². The van der Waals surface area contributed by atoms with Gasteiger partial charge in [-0.1, -0.05) is 18.2 Å². The summed E-state index contributed by atoms with van der Waals surface area (Å²) in [6.45, 7) is 7.70. The van der Waals surface area contributed by atoms with Crippen LogP contribution in [0.5, 0.6) is 5.75 Å². The van der Waals surface area contributed by atoms with Crippen LogP contribution in [0.25, 0.3) is 11.1 Å². The summed E-state index contributed by atoms with van der Waals surface area (Å²) in [6, 6.07) is 15.5. The van der Waals surface area contributed by atoms with Crippen LogP contribution < -0.4 is 4.74 Å². The van der Waals surface area contributed by atoms with Crippen molar-refractivity contribution >= 4 is 5.91 Å². The predicted octanol–water partition coefficient (Wildman–Crippen LogP) is 5.30. The van der Waals surface area contributed by atoms with E-state index in [-0.39, 0.29) is 5.91 Å². The zero-order valence-electron chi connectivity index (χ0n) is 20.2. The molecule has 0 radical (unpaired) electrons. The van der Waals surface area contributed by atoms with Crippen molar-refractivity contribution in [1.29, 1.82) is 5.26 Å². The Bertz CT molecular complexity index is 1030. The minimum Gasteiger partial charge on any atom is -0.492 e. The first-order valence-corrected chi connectivity index (χ1v) is 12.3. The van der Waals surface area contributed by atoms with Crippen molar-refractivity contribution in [3.63, 3.8) is 0 Å². The number of carbonyl (C=O) groups is 1. The third kappa shape index (κ3) is 6.15. The van der Waals surface area contributed by atoms with E-state index in [0.717, 1.165) is 63.0 Å². The summed E-state index contributed by atoms with van der Waals surface area (Å²) >= 11 is 0. The standard InChI is InChI=1S/C28H34FN3O2/c1-28(2,29)20-31-15-11-21(12-16-31)19-34-26-10-9-24(17-25(26)18-30)22-5-7-23(8-6-22)27(33)32-13-3-4-14-32/h5-10,17,21H,3-4,11-16,19-20H2,1-2H3. The maximum absolute atomic E-state index is 13.9. The quantitative estimate of drug-likeness (QED) is 0.559. The molecule has 2 aliphatic rings. The Balaban J connectivity index is 1.35. The number of benzene rings is 2. The molecule has 0 aromatic heterocycles. The molecule has 2 fully saturated rings. The molecule has 34 heavy (non-hydrogen) atoms. The van der Waals surface area contributed by atoms with E-state index in [1.165, 1.54) is 0 Å². The van der Waals surface area contributed by atoms with Crippen LogP contribution in [0.3, 0.4) is 0 Å². The molecule has 4 rings (SSSR count). The number of ether oxygens (including phenoxy) is 1. The topological polar surface area (TPSA) is 56.6 Å². The summed E-state index contributed by atoms with van der Waals surface area (Å²) in [5.41, 5.74) is 1.92.